The van der Waals surface area contributed by atoms with E-state index in [1.165, 1.54) is 18.4 Å². The van der Waals surface area contributed by atoms with Crippen LogP contribution in [0, 0.1) is 0 Å². The van der Waals surface area contributed by atoms with Crippen LogP contribution in [-0.2, 0) is 6.42 Å². The average molecular weight is 219 g/mol. The van der Waals surface area contributed by atoms with Gasteiger partial charge in [-0.3, -0.25) is 0 Å². The molecule has 1 fully saturated rings. The van der Waals surface area contributed by atoms with E-state index in [9.17, 15) is 0 Å². The van der Waals surface area contributed by atoms with Gasteiger partial charge in [0.15, 0.2) is 0 Å². The molecule has 3 rings (SSSR count). The fourth-order valence-electron chi connectivity index (χ4n) is 2.41. The second kappa shape index (κ2) is 4.34. The van der Waals surface area contributed by atoms with Crippen LogP contribution >= 0.6 is 0 Å². The minimum Gasteiger partial charge on any atom is -0.493 e. The highest BCUT2D eigenvalue weighted by Crippen LogP contribution is 2.33. The molecule has 2 heterocycles. The summed E-state index contributed by atoms with van der Waals surface area (Å²) in [5.41, 5.74) is 1.24. The summed E-state index contributed by atoms with van der Waals surface area (Å²) in [7, 11) is 0. The van der Waals surface area contributed by atoms with E-state index in [0.717, 1.165) is 37.7 Å². The summed E-state index contributed by atoms with van der Waals surface area (Å²) in [6, 6.07) is 6.59. The molecule has 0 aliphatic carbocycles. The average Bonchev–Trinajstić information content (AvgIpc) is 2.97. The number of hydrogen-bond acceptors (Lipinski definition) is 3. The van der Waals surface area contributed by atoms with Crippen molar-refractivity contribution in [1.82, 2.24) is 5.32 Å². The van der Waals surface area contributed by atoms with Crippen LogP contribution in [0.1, 0.15) is 18.4 Å². The number of rotatable bonds is 3. The van der Waals surface area contributed by atoms with Crippen molar-refractivity contribution in [1.29, 1.82) is 0 Å². The van der Waals surface area contributed by atoms with Gasteiger partial charge in [-0.1, -0.05) is 6.07 Å². The van der Waals surface area contributed by atoms with E-state index in [1.54, 1.807) is 0 Å². The smallest absolute Gasteiger partial charge is 0.126 e. The quantitative estimate of drug-likeness (QED) is 0.840. The van der Waals surface area contributed by atoms with Crippen LogP contribution in [-0.4, -0.2) is 25.8 Å². The molecule has 0 bridgehead atoms. The fourth-order valence-corrected chi connectivity index (χ4v) is 2.41. The molecule has 1 saturated heterocycles. The van der Waals surface area contributed by atoms with Gasteiger partial charge in [0, 0.05) is 18.0 Å². The highest BCUT2D eigenvalue weighted by atomic mass is 16.5. The Kier molecular flexibility index (Phi) is 2.70. The zero-order valence-electron chi connectivity index (χ0n) is 9.37. The summed E-state index contributed by atoms with van der Waals surface area (Å²) < 4.78 is 11.4. The van der Waals surface area contributed by atoms with Crippen molar-refractivity contribution in [3.8, 4) is 11.5 Å². The highest BCUT2D eigenvalue weighted by molar-refractivity contribution is 5.46. The number of ether oxygens (including phenoxy) is 2. The molecule has 1 unspecified atom stereocenters. The lowest BCUT2D eigenvalue weighted by Crippen LogP contribution is -2.28. The topological polar surface area (TPSA) is 30.5 Å². The van der Waals surface area contributed by atoms with Crippen molar-refractivity contribution in [3.05, 3.63) is 23.8 Å². The lowest BCUT2D eigenvalue weighted by molar-refractivity contribution is 0.275. The molecule has 1 N–H and O–H groups in total. The van der Waals surface area contributed by atoms with E-state index in [4.69, 9.17) is 9.47 Å². The second-order valence-corrected chi connectivity index (χ2v) is 4.44. The van der Waals surface area contributed by atoms with E-state index in [0.29, 0.717) is 6.04 Å². The molecule has 0 amide bonds. The molecule has 3 heteroatoms. The van der Waals surface area contributed by atoms with Gasteiger partial charge in [0.1, 0.15) is 18.1 Å². The summed E-state index contributed by atoms with van der Waals surface area (Å²) in [4.78, 5) is 0. The normalized spacial score (nSPS) is 22.9. The summed E-state index contributed by atoms with van der Waals surface area (Å²) in [5, 5.41) is 3.44. The first-order valence-corrected chi connectivity index (χ1v) is 6.04. The summed E-state index contributed by atoms with van der Waals surface area (Å²) >= 11 is 0. The van der Waals surface area contributed by atoms with E-state index in [-0.39, 0.29) is 0 Å². The van der Waals surface area contributed by atoms with Gasteiger partial charge in [0.05, 0.1) is 6.61 Å². The SMILES string of the molecule is c1cc2c(c(OCC3CCCN3)c1)CCO2. The summed E-state index contributed by atoms with van der Waals surface area (Å²) in [6.45, 7) is 2.69. The van der Waals surface area contributed by atoms with E-state index in [1.807, 2.05) is 18.2 Å². The van der Waals surface area contributed by atoms with Crippen molar-refractivity contribution < 1.29 is 9.47 Å². The Bertz CT molecular complexity index is 372. The lowest BCUT2D eigenvalue weighted by Gasteiger charge is -2.13. The van der Waals surface area contributed by atoms with Crippen molar-refractivity contribution in [2.24, 2.45) is 0 Å². The zero-order chi connectivity index (χ0) is 10.8. The highest BCUT2D eigenvalue weighted by Gasteiger charge is 2.19. The molecule has 1 atom stereocenters. The maximum absolute atomic E-state index is 5.89. The Labute approximate surface area is 95.8 Å². The van der Waals surface area contributed by atoms with Crippen LogP contribution in [0.4, 0.5) is 0 Å². The largest absolute Gasteiger partial charge is 0.493 e. The Morgan fingerprint density at radius 2 is 2.44 bits per heavy atom. The Hall–Kier alpha value is -1.22. The number of benzene rings is 1. The molecule has 2 aliphatic heterocycles. The van der Waals surface area contributed by atoms with Crippen molar-refractivity contribution in [3.63, 3.8) is 0 Å². The molecule has 0 radical (unpaired) electrons. The predicted molar refractivity (Wildman–Crippen MR) is 62.2 cm³/mol. The van der Waals surface area contributed by atoms with Gasteiger partial charge in [0.2, 0.25) is 0 Å². The Morgan fingerprint density at radius 1 is 1.44 bits per heavy atom. The van der Waals surface area contributed by atoms with Gasteiger partial charge in [-0.05, 0) is 31.5 Å². The molecule has 2 aliphatic rings. The maximum Gasteiger partial charge on any atom is 0.126 e. The van der Waals surface area contributed by atoms with Gasteiger partial charge >= 0.3 is 0 Å². The Balaban J connectivity index is 1.67. The van der Waals surface area contributed by atoms with E-state index in [2.05, 4.69) is 5.32 Å². The fraction of sp³-hybridized carbons (Fsp3) is 0.538. The minimum atomic E-state index is 0.526. The van der Waals surface area contributed by atoms with Gasteiger partial charge in [0.25, 0.3) is 0 Å². The third-order valence-corrected chi connectivity index (χ3v) is 3.30. The van der Waals surface area contributed by atoms with Crippen molar-refractivity contribution in [2.75, 3.05) is 19.8 Å². The molecule has 0 saturated carbocycles. The molecule has 3 nitrogen and oxygen atoms in total. The standard InChI is InChI=1S/C13H17NO2/c1-4-12-11(6-8-15-12)13(5-1)16-9-10-3-2-7-14-10/h1,4-5,10,14H,2-3,6-9H2. The van der Waals surface area contributed by atoms with Crippen molar-refractivity contribution in [2.45, 2.75) is 25.3 Å². The first-order valence-electron chi connectivity index (χ1n) is 6.04. The molecule has 1 aromatic carbocycles. The number of hydrogen-bond donors (Lipinski definition) is 1. The summed E-state index contributed by atoms with van der Waals surface area (Å²) in [5.74, 6) is 2.00. The molecular formula is C13H17NO2. The summed E-state index contributed by atoms with van der Waals surface area (Å²) in [6.07, 6.45) is 3.47. The van der Waals surface area contributed by atoms with Gasteiger partial charge in [-0.25, -0.2) is 0 Å². The van der Waals surface area contributed by atoms with Gasteiger partial charge in [-0.15, -0.1) is 0 Å². The molecule has 1 aromatic rings. The number of nitrogens with one attached hydrogen (secondary N) is 1. The molecular weight excluding hydrogens is 202 g/mol. The van der Waals surface area contributed by atoms with Crippen molar-refractivity contribution >= 4 is 0 Å². The van der Waals surface area contributed by atoms with Gasteiger partial charge in [-0.2, -0.15) is 0 Å². The van der Waals surface area contributed by atoms with Crippen LogP contribution in [0.15, 0.2) is 18.2 Å². The number of fused-ring (bicyclic) bond motifs is 1. The monoisotopic (exact) mass is 219 g/mol. The second-order valence-electron chi connectivity index (χ2n) is 4.44. The first kappa shape index (κ1) is 9.97. The Morgan fingerprint density at radius 3 is 3.31 bits per heavy atom. The van der Waals surface area contributed by atoms with Crippen LogP contribution in [0.5, 0.6) is 11.5 Å². The van der Waals surface area contributed by atoms with Crippen LogP contribution in [0.25, 0.3) is 0 Å². The predicted octanol–water partition coefficient (Wildman–Crippen LogP) is 1.75. The van der Waals surface area contributed by atoms with Crippen LogP contribution < -0.4 is 14.8 Å². The van der Waals surface area contributed by atoms with Crippen LogP contribution in [0.3, 0.4) is 0 Å². The lowest BCUT2D eigenvalue weighted by atomic mass is 10.1. The van der Waals surface area contributed by atoms with Crippen LogP contribution in [0.2, 0.25) is 0 Å². The molecule has 0 aromatic heterocycles. The molecule has 0 spiro atoms. The third-order valence-electron chi connectivity index (χ3n) is 3.30. The van der Waals surface area contributed by atoms with E-state index < -0.39 is 0 Å². The third kappa shape index (κ3) is 1.87. The minimum absolute atomic E-state index is 0.526. The first-order chi connectivity index (χ1) is 7.93. The van der Waals surface area contributed by atoms with E-state index >= 15 is 0 Å². The van der Waals surface area contributed by atoms with Gasteiger partial charge < -0.3 is 14.8 Å². The molecule has 86 valence electrons. The zero-order valence-corrected chi connectivity index (χ0v) is 9.37. The molecule has 16 heavy (non-hydrogen) atoms. The maximum atomic E-state index is 5.89.